The predicted octanol–water partition coefficient (Wildman–Crippen LogP) is 2.07. The second-order valence-electron chi connectivity index (χ2n) is 8.68. The number of rotatable bonds is 8. The van der Waals surface area contributed by atoms with E-state index in [4.69, 9.17) is 9.47 Å². The molecule has 0 spiro atoms. The molecule has 2 rings (SSSR count). The first-order chi connectivity index (χ1) is 16.1. The van der Waals surface area contributed by atoms with Crippen molar-refractivity contribution in [1.82, 2.24) is 15.5 Å². The summed E-state index contributed by atoms with van der Waals surface area (Å²) in [5, 5.41) is 8.21. The number of carbonyl (C=O) groups is 4. The highest BCUT2D eigenvalue weighted by Gasteiger charge is 2.43. The normalized spacial score (nSPS) is 18.0. The third kappa shape index (κ3) is 6.97. The van der Waals surface area contributed by atoms with Gasteiger partial charge in [0.2, 0.25) is 11.8 Å². The van der Waals surface area contributed by atoms with Crippen LogP contribution in [0.3, 0.4) is 0 Å². The van der Waals surface area contributed by atoms with E-state index >= 15 is 0 Å². The molecule has 0 radical (unpaired) electrons. The van der Waals surface area contributed by atoms with Crippen LogP contribution in [0.2, 0.25) is 0 Å². The Hall–Kier alpha value is -3.56. The molecule has 0 saturated carbocycles. The molecule has 1 heterocycles. The number of nitrogens with one attached hydrogen (secondary N) is 3. The van der Waals surface area contributed by atoms with E-state index in [2.05, 4.69) is 16.0 Å². The molecule has 1 saturated heterocycles. The summed E-state index contributed by atoms with van der Waals surface area (Å²) in [6.07, 6.45) is 1.82. The van der Waals surface area contributed by atoms with Gasteiger partial charge in [0.1, 0.15) is 17.8 Å². The number of urea groups is 1. The highest BCUT2D eigenvalue weighted by molar-refractivity contribution is 5.96. The number of ether oxygens (including phenoxy) is 2. The average molecular weight is 475 g/mol. The van der Waals surface area contributed by atoms with Gasteiger partial charge in [-0.3, -0.25) is 9.59 Å². The lowest BCUT2D eigenvalue weighted by atomic mass is 10.0. The van der Waals surface area contributed by atoms with Crippen molar-refractivity contribution in [2.24, 2.45) is 5.92 Å². The first kappa shape index (κ1) is 26.7. The van der Waals surface area contributed by atoms with E-state index in [1.807, 2.05) is 0 Å². The molecular formula is C24H34N4O6. The predicted molar refractivity (Wildman–Crippen MR) is 127 cm³/mol. The van der Waals surface area contributed by atoms with E-state index < -0.39 is 36.0 Å². The summed E-state index contributed by atoms with van der Waals surface area (Å²) in [7, 11) is 2.77. The smallest absolute Gasteiger partial charge is 0.328 e. The Morgan fingerprint density at radius 1 is 1.15 bits per heavy atom. The van der Waals surface area contributed by atoms with Crippen LogP contribution in [0, 0.1) is 5.92 Å². The molecular weight excluding hydrogens is 440 g/mol. The number of amides is 4. The van der Waals surface area contributed by atoms with Gasteiger partial charge in [0.15, 0.2) is 0 Å². The van der Waals surface area contributed by atoms with Crippen LogP contribution in [0.15, 0.2) is 35.9 Å². The Balaban J connectivity index is 2.23. The van der Waals surface area contributed by atoms with Crippen molar-refractivity contribution < 1.29 is 28.7 Å². The van der Waals surface area contributed by atoms with Crippen molar-refractivity contribution in [3.8, 4) is 5.75 Å². The number of esters is 1. The molecule has 4 amide bonds. The molecule has 10 heteroatoms. The van der Waals surface area contributed by atoms with Gasteiger partial charge in [-0.15, -0.1) is 0 Å². The van der Waals surface area contributed by atoms with E-state index in [1.54, 1.807) is 52.0 Å². The molecule has 1 fully saturated rings. The minimum absolute atomic E-state index is 0.234. The number of methoxy groups -OCH3 is 2. The molecule has 3 N–H and O–H groups in total. The van der Waals surface area contributed by atoms with Gasteiger partial charge >= 0.3 is 12.0 Å². The van der Waals surface area contributed by atoms with Gasteiger partial charge in [0, 0.05) is 24.4 Å². The number of likely N-dealkylation sites (tertiary alicyclic amines) is 1. The lowest BCUT2D eigenvalue weighted by Gasteiger charge is -2.29. The molecule has 1 aliphatic heterocycles. The summed E-state index contributed by atoms with van der Waals surface area (Å²) in [4.78, 5) is 52.4. The third-order valence-electron chi connectivity index (χ3n) is 5.43. The van der Waals surface area contributed by atoms with E-state index in [-0.39, 0.29) is 18.4 Å². The van der Waals surface area contributed by atoms with E-state index in [1.165, 1.54) is 25.2 Å². The maximum Gasteiger partial charge on any atom is 0.328 e. The van der Waals surface area contributed by atoms with Crippen molar-refractivity contribution >= 4 is 29.5 Å². The largest absolute Gasteiger partial charge is 0.497 e. The van der Waals surface area contributed by atoms with Crippen LogP contribution in [0.1, 0.15) is 34.1 Å². The van der Waals surface area contributed by atoms with Gasteiger partial charge in [-0.2, -0.15) is 0 Å². The van der Waals surface area contributed by atoms with Gasteiger partial charge in [0.25, 0.3) is 0 Å². The average Bonchev–Trinajstić information content (AvgIpc) is 3.19. The second kappa shape index (κ2) is 12.1. The molecule has 186 valence electrons. The van der Waals surface area contributed by atoms with E-state index in [0.29, 0.717) is 17.9 Å². The first-order valence-electron chi connectivity index (χ1n) is 11.1. The summed E-state index contributed by atoms with van der Waals surface area (Å²) in [6, 6.07) is 3.78. The fraction of sp³-hybridized carbons (Fsp3) is 0.500. The van der Waals surface area contributed by atoms with Crippen molar-refractivity contribution in [3.63, 3.8) is 0 Å². The monoisotopic (exact) mass is 474 g/mol. The Labute approximate surface area is 200 Å². The SMILES string of the molecule is COC(=O)C(NC(=O)C1C(NC(=O)Nc2cccc(OC)c2)CCN1C(=O)C=C(C)C)C(C)C. The fourth-order valence-corrected chi connectivity index (χ4v) is 3.74. The number of allylic oxidation sites excluding steroid dienone is 1. The number of hydrogen-bond acceptors (Lipinski definition) is 6. The Morgan fingerprint density at radius 2 is 1.85 bits per heavy atom. The quantitative estimate of drug-likeness (QED) is 0.391. The van der Waals surface area contributed by atoms with Crippen LogP contribution < -0.4 is 20.7 Å². The Kier molecular flexibility index (Phi) is 9.47. The zero-order valence-electron chi connectivity index (χ0n) is 20.5. The zero-order valence-corrected chi connectivity index (χ0v) is 20.5. The maximum absolute atomic E-state index is 13.3. The summed E-state index contributed by atoms with van der Waals surface area (Å²) < 4.78 is 9.97. The highest BCUT2D eigenvalue weighted by atomic mass is 16.5. The summed E-state index contributed by atoms with van der Waals surface area (Å²) in [5.41, 5.74) is 1.30. The highest BCUT2D eigenvalue weighted by Crippen LogP contribution is 2.21. The second-order valence-corrected chi connectivity index (χ2v) is 8.68. The number of benzene rings is 1. The molecule has 3 atom stereocenters. The lowest BCUT2D eigenvalue weighted by Crippen LogP contribution is -2.58. The number of nitrogens with zero attached hydrogens (tertiary/aromatic N) is 1. The summed E-state index contributed by atoms with van der Waals surface area (Å²) >= 11 is 0. The van der Waals surface area contributed by atoms with Gasteiger partial charge in [-0.05, 0) is 38.3 Å². The van der Waals surface area contributed by atoms with E-state index in [0.717, 1.165) is 5.57 Å². The van der Waals surface area contributed by atoms with Gasteiger partial charge in [-0.1, -0.05) is 25.5 Å². The molecule has 1 aromatic carbocycles. The molecule has 10 nitrogen and oxygen atoms in total. The molecule has 0 bridgehead atoms. The lowest BCUT2D eigenvalue weighted by molar-refractivity contribution is -0.147. The van der Waals surface area contributed by atoms with Crippen molar-refractivity contribution in [2.45, 2.75) is 52.2 Å². The van der Waals surface area contributed by atoms with Gasteiger partial charge < -0.3 is 30.3 Å². The maximum atomic E-state index is 13.3. The fourth-order valence-electron chi connectivity index (χ4n) is 3.74. The zero-order chi connectivity index (χ0) is 25.4. The molecule has 34 heavy (non-hydrogen) atoms. The van der Waals surface area contributed by atoms with Crippen LogP contribution in [-0.4, -0.2) is 67.6 Å². The number of carbonyl (C=O) groups excluding carboxylic acids is 4. The molecule has 3 unspecified atom stereocenters. The van der Waals surface area contributed by atoms with Crippen LogP contribution in [0.5, 0.6) is 5.75 Å². The van der Waals surface area contributed by atoms with Crippen LogP contribution in [0.4, 0.5) is 10.5 Å². The molecule has 0 aliphatic carbocycles. The van der Waals surface area contributed by atoms with Crippen LogP contribution in [0.25, 0.3) is 0 Å². The van der Waals surface area contributed by atoms with E-state index in [9.17, 15) is 19.2 Å². The third-order valence-corrected chi connectivity index (χ3v) is 5.43. The van der Waals surface area contributed by atoms with Crippen molar-refractivity contribution in [1.29, 1.82) is 0 Å². The first-order valence-corrected chi connectivity index (χ1v) is 11.1. The Morgan fingerprint density at radius 3 is 2.44 bits per heavy atom. The Bertz CT molecular complexity index is 941. The molecule has 0 aromatic heterocycles. The van der Waals surface area contributed by atoms with Crippen LogP contribution in [-0.2, 0) is 19.1 Å². The summed E-state index contributed by atoms with van der Waals surface area (Å²) in [6.45, 7) is 7.40. The molecule has 1 aliphatic rings. The minimum atomic E-state index is -0.995. The van der Waals surface area contributed by atoms with Gasteiger partial charge in [-0.25, -0.2) is 9.59 Å². The molecule has 1 aromatic rings. The van der Waals surface area contributed by atoms with Crippen molar-refractivity contribution in [2.75, 3.05) is 26.1 Å². The minimum Gasteiger partial charge on any atom is -0.497 e. The van der Waals surface area contributed by atoms with Gasteiger partial charge in [0.05, 0.1) is 20.3 Å². The number of hydrogen-bond donors (Lipinski definition) is 3. The standard InChI is InChI=1S/C24H34N4O6/c1-14(2)12-19(29)28-11-10-18(21(28)22(30)27-20(15(3)4)23(31)34-6)26-24(32)25-16-8-7-9-17(13-16)33-5/h7-9,12-13,15,18,20-21H,10-11H2,1-6H3,(H,27,30)(H2,25,26,32). The summed E-state index contributed by atoms with van der Waals surface area (Å²) in [5.74, 6) is -1.11. The number of anilines is 1. The van der Waals surface area contributed by atoms with Crippen molar-refractivity contribution in [3.05, 3.63) is 35.9 Å². The van der Waals surface area contributed by atoms with Crippen LogP contribution >= 0.6 is 0 Å². The topological polar surface area (TPSA) is 126 Å².